The first-order chi connectivity index (χ1) is 13.2. The van der Waals surface area contributed by atoms with E-state index < -0.39 is 0 Å². The number of thiophene rings is 2. The molecule has 5 nitrogen and oxygen atoms in total. The lowest BCUT2D eigenvalue weighted by Crippen LogP contribution is -2.10. The standard InChI is InChI=1S/C19H13N3O2S3/c1-10-6-7-14(27-10)11-8-25-18-16(11)17(23)21-15(22-18)9-26-19-20-12-4-2-3-5-13(12)24-19/h2-8H,9H2,1H3,(H,21,22,23). The third-order valence-electron chi connectivity index (χ3n) is 4.11. The summed E-state index contributed by atoms with van der Waals surface area (Å²) in [5.41, 5.74) is 2.44. The van der Waals surface area contributed by atoms with Gasteiger partial charge in [-0.2, -0.15) is 0 Å². The van der Waals surface area contributed by atoms with Gasteiger partial charge in [0.15, 0.2) is 5.58 Å². The first kappa shape index (κ1) is 16.7. The molecule has 0 fully saturated rings. The van der Waals surface area contributed by atoms with Gasteiger partial charge in [-0.05, 0) is 31.2 Å². The number of aromatic amines is 1. The lowest BCUT2D eigenvalue weighted by molar-refractivity contribution is 0.489. The Kier molecular flexibility index (Phi) is 4.11. The topological polar surface area (TPSA) is 71.8 Å². The van der Waals surface area contributed by atoms with Gasteiger partial charge < -0.3 is 9.40 Å². The Bertz CT molecular complexity index is 1300. The Morgan fingerprint density at radius 3 is 2.89 bits per heavy atom. The van der Waals surface area contributed by atoms with Crippen molar-refractivity contribution >= 4 is 55.8 Å². The molecule has 134 valence electrons. The number of oxazole rings is 1. The van der Waals surface area contributed by atoms with Crippen molar-refractivity contribution in [1.82, 2.24) is 15.0 Å². The lowest BCUT2D eigenvalue weighted by Gasteiger charge is -2.00. The monoisotopic (exact) mass is 411 g/mol. The SMILES string of the molecule is Cc1ccc(-c2csc3nc(CSc4nc5ccccc5o4)[nH]c(=O)c23)s1. The van der Waals surface area contributed by atoms with Crippen LogP contribution in [0.1, 0.15) is 10.7 Å². The summed E-state index contributed by atoms with van der Waals surface area (Å²) in [5, 5.41) is 3.24. The van der Waals surface area contributed by atoms with Crippen molar-refractivity contribution in [1.29, 1.82) is 0 Å². The van der Waals surface area contributed by atoms with Gasteiger partial charge in [-0.3, -0.25) is 4.79 Å². The van der Waals surface area contributed by atoms with E-state index in [1.165, 1.54) is 28.0 Å². The molecule has 4 heterocycles. The number of aryl methyl sites for hydroxylation is 1. The molecule has 0 spiro atoms. The van der Waals surface area contributed by atoms with Crippen molar-refractivity contribution in [2.75, 3.05) is 0 Å². The van der Waals surface area contributed by atoms with E-state index in [0.29, 0.717) is 22.2 Å². The summed E-state index contributed by atoms with van der Waals surface area (Å²) in [6.07, 6.45) is 0. The zero-order valence-electron chi connectivity index (χ0n) is 14.2. The lowest BCUT2D eigenvalue weighted by atomic mass is 10.2. The zero-order chi connectivity index (χ0) is 18.4. The van der Waals surface area contributed by atoms with Crippen molar-refractivity contribution in [3.05, 3.63) is 62.8 Å². The summed E-state index contributed by atoms with van der Waals surface area (Å²) in [5.74, 6) is 1.11. The summed E-state index contributed by atoms with van der Waals surface area (Å²) in [7, 11) is 0. The maximum Gasteiger partial charge on any atom is 0.260 e. The molecule has 0 aliphatic heterocycles. The number of thioether (sulfide) groups is 1. The fourth-order valence-electron chi connectivity index (χ4n) is 2.87. The highest BCUT2D eigenvalue weighted by Gasteiger charge is 2.15. The van der Waals surface area contributed by atoms with Crippen molar-refractivity contribution in [3.63, 3.8) is 0 Å². The van der Waals surface area contributed by atoms with Crippen molar-refractivity contribution in [3.8, 4) is 10.4 Å². The Morgan fingerprint density at radius 2 is 2.07 bits per heavy atom. The summed E-state index contributed by atoms with van der Waals surface area (Å²) >= 11 is 4.60. The maximum absolute atomic E-state index is 12.7. The van der Waals surface area contributed by atoms with E-state index in [4.69, 9.17) is 4.42 Å². The fraction of sp³-hybridized carbons (Fsp3) is 0.105. The molecule has 0 unspecified atom stereocenters. The molecule has 5 rings (SSSR count). The molecule has 8 heteroatoms. The quantitative estimate of drug-likeness (QED) is 0.398. The third-order valence-corrected chi connectivity index (χ3v) is 6.85. The second-order valence-corrected chi connectivity index (χ2v) is 9.06. The molecular weight excluding hydrogens is 398 g/mol. The van der Waals surface area contributed by atoms with Crippen LogP contribution < -0.4 is 5.56 Å². The second kappa shape index (κ2) is 6.63. The molecule has 0 amide bonds. The van der Waals surface area contributed by atoms with E-state index in [2.05, 4.69) is 34.0 Å². The van der Waals surface area contributed by atoms with Crippen molar-refractivity contribution < 1.29 is 4.42 Å². The predicted octanol–water partition coefficient (Wildman–Crippen LogP) is 5.46. The normalized spacial score (nSPS) is 11.6. The summed E-state index contributed by atoms with van der Waals surface area (Å²) < 4.78 is 5.71. The second-order valence-electron chi connectivity index (χ2n) is 5.99. The minimum absolute atomic E-state index is 0.101. The molecule has 0 bridgehead atoms. The number of para-hydroxylation sites is 2. The number of nitrogens with zero attached hydrogens (tertiary/aromatic N) is 2. The average molecular weight is 412 g/mol. The van der Waals surface area contributed by atoms with Crippen LogP contribution in [0.15, 0.2) is 56.2 Å². The molecule has 0 atom stereocenters. The number of hydrogen-bond acceptors (Lipinski definition) is 7. The number of aromatic nitrogens is 3. The van der Waals surface area contributed by atoms with Gasteiger partial charge in [-0.25, -0.2) is 9.97 Å². The van der Waals surface area contributed by atoms with Crippen LogP contribution in [0, 0.1) is 6.92 Å². The molecule has 5 aromatic rings. The number of fused-ring (bicyclic) bond motifs is 2. The number of hydrogen-bond donors (Lipinski definition) is 1. The Labute approximate surface area is 166 Å². The summed E-state index contributed by atoms with van der Waals surface area (Å²) in [6.45, 7) is 2.06. The third kappa shape index (κ3) is 3.09. The van der Waals surface area contributed by atoms with Crippen molar-refractivity contribution in [2.45, 2.75) is 17.9 Å². The molecule has 0 saturated heterocycles. The first-order valence-corrected chi connectivity index (χ1v) is 10.9. The minimum atomic E-state index is -0.101. The van der Waals surface area contributed by atoms with Gasteiger partial charge in [0, 0.05) is 20.7 Å². The van der Waals surface area contributed by atoms with Gasteiger partial charge in [0.25, 0.3) is 10.8 Å². The van der Waals surface area contributed by atoms with Crippen LogP contribution >= 0.6 is 34.4 Å². The van der Waals surface area contributed by atoms with E-state index >= 15 is 0 Å². The van der Waals surface area contributed by atoms with Gasteiger partial charge >= 0.3 is 0 Å². The largest absolute Gasteiger partial charge is 0.431 e. The molecule has 0 aliphatic carbocycles. The number of rotatable bonds is 4. The van der Waals surface area contributed by atoms with Gasteiger partial charge in [-0.15, -0.1) is 22.7 Å². The molecule has 0 aliphatic rings. The molecule has 0 saturated carbocycles. The molecule has 0 radical (unpaired) electrons. The highest BCUT2D eigenvalue weighted by atomic mass is 32.2. The van der Waals surface area contributed by atoms with Gasteiger partial charge in [-0.1, -0.05) is 23.9 Å². The summed E-state index contributed by atoms with van der Waals surface area (Å²) in [6, 6.07) is 11.8. The van der Waals surface area contributed by atoms with Gasteiger partial charge in [0.2, 0.25) is 0 Å². The molecule has 4 aromatic heterocycles. The van der Waals surface area contributed by atoms with Crippen LogP contribution in [-0.2, 0) is 5.75 Å². The van der Waals surface area contributed by atoms with Gasteiger partial charge in [0.1, 0.15) is 16.2 Å². The predicted molar refractivity (Wildman–Crippen MR) is 112 cm³/mol. The smallest absolute Gasteiger partial charge is 0.260 e. The van der Waals surface area contributed by atoms with Crippen LogP contribution in [0.5, 0.6) is 0 Å². The zero-order valence-corrected chi connectivity index (χ0v) is 16.6. The first-order valence-electron chi connectivity index (χ1n) is 8.23. The van der Waals surface area contributed by atoms with Crippen LogP contribution in [0.4, 0.5) is 0 Å². The van der Waals surface area contributed by atoms with E-state index in [1.807, 2.05) is 29.6 Å². The fourth-order valence-corrected chi connectivity index (χ4v) is 5.50. The van der Waals surface area contributed by atoms with E-state index in [1.54, 1.807) is 11.3 Å². The van der Waals surface area contributed by atoms with Crippen LogP contribution in [0.3, 0.4) is 0 Å². The summed E-state index contributed by atoms with van der Waals surface area (Å²) in [4.78, 5) is 27.7. The highest BCUT2D eigenvalue weighted by Crippen LogP contribution is 2.35. The van der Waals surface area contributed by atoms with Crippen LogP contribution in [0.2, 0.25) is 0 Å². The number of benzene rings is 1. The molecule has 1 aromatic carbocycles. The molecular formula is C19H13N3O2S3. The number of H-pyrrole nitrogens is 1. The van der Waals surface area contributed by atoms with Crippen molar-refractivity contribution in [2.24, 2.45) is 0 Å². The average Bonchev–Trinajstić information content (AvgIpc) is 3.37. The van der Waals surface area contributed by atoms with Crippen LogP contribution in [0.25, 0.3) is 31.8 Å². The highest BCUT2D eigenvalue weighted by molar-refractivity contribution is 7.98. The molecule has 27 heavy (non-hydrogen) atoms. The van der Waals surface area contributed by atoms with Gasteiger partial charge in [0.05, 0.1) is 11.1 Å². The van der Waals surface area contributed by atoms with Crippen LogP contribution in [-0.4, -0.2) is 15.0 Å². The minimum Gasteiger partial charge on any atom is -0.431 e. The van der Waals surface area contributed by atoms with E-state index in [9.17, 15) is 4.79 Å². The maximum atomic E-state index is 12.7. The Balaban J connectivity index is 1.45. The van der Waals surface area contributed by atoms with E-state index in [0.717, 1.165) is 26.4 Å². The van der Waals surface area contributed by atoms with E-state index in [-0.39, 0.29) is 5.56 Å². The number of nitrogens with one attached hydrogen (secondary N) is 1. The Morgan fingerprint density at radius 1 is 1.19 bits per heavy atom. The Hall–Kier alpha value is -2.42. The molecule has 1 N–H and O–H groups in total.